The Morgan fingerprint density at radius 3 is 2.00 bits per heavy atom. The highest BCUT2D eigenvalue weighted by Crippen LogP contribution is 2.09. The average molecular weight is 145 g/mol. The van der Waals surface area contributed by atoms with E-state index in [4.69, 9.17) is 5.11 Å². The van der Waals surface area contributed by atoms with Gasteiger partial charge in [0.1, 0.15) is 0 Å². The molecule has 0 heterocycles. The van der Waals surface area contributed by atoms with Gasteiger partial charge in [-0.3, -0.25) is 4.79 Å². The van der Waals surface area contributed by atoms with Gasteiger partial charge in [0.2, 0.25) is 0 Å². The summed E-state index contributed by atoms with van der Waals surface area (Å²) in [5.41, 5.74) is -2.29. The number of ketones is 1. The minimum atomic E-state index is -2.29. The third kappa shape index (κ3) is 1.33. The van der Waals surface area contributed by atoms with E-state index in [9.17, 15) is 14.7 Å². The monoisotopic (exact) mass is 145 g/mol. The smallest absolute Gasteiger partial charge is 0.167 e. The molecular weight excluding hydrogens is 136 g/mol. The minimum absolute atomic E-state index is 0.162. The molecule has 4 nitrogen and oxygen atoms in total. The van der Waals surface area contributed by atoms with Crippen molar-refractivity contribution in [3.8, 4) is 0 Å². The third-order valence-corrected chi connectivity index (χ3v) is 1.43. The van der Waals surface area contributed by atoms with Gasteiger partial charge >= 0.3 is 0 Å². The first-order chi connectivity index (χ1) is 4.45. The van der Waals surface area contributed by atoms with E-state index < -0.39 is 17.4 Å². The predicted molar refractivity (Wildman–Crippen MR) is 30.9 cm³/mol. The zero-order chi connectivity index (χ0) is 8.36. The molecule has 4 heteroatoms. The first-order valence-corrected chi connectivity index (χ1v) is 2.90. The number of Topliss-reactive ketones (excluding diaryl/α,β-unsaturated/α-hetero) is 1. The van der Waals surface area contributed by atoms with Crippen molar-refractivity contribution < 1.29 is 19.8 Å². The van der Waals surface area contributed by atoms with E-state index in [1.54, 1.807) is 0 Å². The molecule has 0 aliphatic carbocycles. The lowest BCUT2D eigenvalue weighted by atomic mass is 9.97. The molecule has 0 aromatic heterocycles. The molecule has 0 aromatic carbocycles. The molecule has 0 rings (SSSR count). The molecule has 1 N–H and O–H groups in total. The van der Waals surface area contributed by atoms with E-state index in [-0.39, 0.29) is 6.42 Å². The minimum Gasteiger partial charge on any atom is -0.547 e. The van der Waals surface area contributed by atoms with Crippen molar-refractivity contribution in [1.82, 2.24) is 0 Å². The van der Waals surface area contributed by atoms with Crippen molar-refractivity contribution in [2.75, 3.05) is 0 Å². The Morgan fingerprint density at radius 1 is 1.60 bits per heavy atom. The molecule has 0 aliphatic heterocycles. The maximum absolute atomic E-state index is 10.5. The van der Waals surface area contributed by atoms with Crippen molar-refractivity contribution in [3.63, 3.8) is 0 Å². The lowest BCUT2D eigenvalue weighted by Crippen LogP contribution is -2.52. The maximum Gasteiger partial charge on any atom is 0.167 e. The summed E-state index contributed by atoms with van der Waals surface area (Å²) >= 11 is 0. The largest absolute Gasteiger partial charge is 0.547 e. The molecule has 58 valence electrons. The van der Waals surface area contributed by atoms with Gasteiger partial charge < -0.3 is 15.0 Å². The number of carboxylic acid groups (broad SMARTS) is 1. The van der Waals surface area contributed by atoms with Crippen molar-refractivity contribution in [1.29, 1.82) is 0 Å². The summed E-state index contributed by atoms with van der Waals surface area (Å²) in [5.74, 6) is -2.53. The second kappa shape index (κ2) is 2.79. The Labute approximate surface area is 58.5 Å². The summed E-state index contributed by atoms with van der Waals surface area (Å²) in [5, 5.41) is 19.1. The van der Waals surface area contributed by atoms with E-state index in [1.165, 1.54) is 6.92 Å². The van der Waals surface area contributed by atoms with Crippen LogP contribution >= 0.6 is 0 Å². The average Bonchev–Trinajstić information content (AvgIpc) is 1.85. The van der Waals surface area contributed by atoms with E-state index in [0.717, 1.165) is 6.92 Å². The highest BCUT2D eigenvalue weighted by Gasteiger charge is 2.31. The molecule has 0 saturated carbocycles. The molecule has 0 bridgehead atoms. The molecule has 1 atom stereocenters. The Balaban J connectivity index is 4.55. The van der Waals surface area contributed by atoms with Crippen molar-refractivity contribution in [3.05, 3.63) is 0 Å². The first-order valence-electron chi connectivity index (χ1n) is 2.90. The fourth-order valence-electron chi connectivity index (χ4n) is 0.537. The molecule has 0 aliphatic rings. The molecule has 1 unspecified atom stereocenters. The molecule has 0 amide bonds. The van der Waals surface area contributed by atoms with Gasteiger partial charge in [-0.2, -0.15) is 0 Å². The number of carbonyl (C=O) groups excluding carboxylic acids is 2. The summed E-state index contributed by atoms with van der Waals surface area (Å²) in [6.45, 7) is 2.41. The van der Waals surface area contributed by atoms with Gasteiger partial charge in [-0.1, -0.05) is 6.92 Å². The number of hydrogen-bond acceptors (Lipinski definition) is 4. The van der Waals surface area contributed by atoms with E-state index in [1.807, 2.05) is 0 Å². The fraction of sp³-hybridized carbons (Fsp3) is 0.667. The van der Waals surface area contributed by atoms with Crippen LogP contribution in [-0.4, -0.2) is 22.5 Å². The zero-order valence-corrected chi connectivity index (χ0v) is 5.88. The van der Waals surface area contributed by atoms with Gasteiger partial charge in [0.15, 0.2) is 11.4 Å². The fourth-order valence-corrected chi connectivity index (χ4v) is 0.537. The number of rotatable bonds is 3. The Kier molecular flexibility index (Phi) is 2.54. The van der Waals surface area contributed by atoms with Gasteiger partial charge in [-0.05, 0) is 13.3 Å². The molecule has 0 aromatic rings. The summed E-state index contributed by atoms with van der Waals surface area (Å²) in [4.78, 5) is 20.6. The van der Waals surface area contributed by atoms with E-state index >= 15 is 0 Å². The molecule has 10 heavy (non-hydrogen) atoms. The predicted octanol–water partition coefficient (Wildman–Crippen LogP) is -1.53. The van der Waals surface area contributed by atoms with Crippen LogP contribution in [0.4, 0.5) is 0 Å². The number of carbonyl (C=O) groups is 2. The molecule has 0 fully saturated rings. The van der Waals surface area contributed by atoms with Crippen LogP contribution in [0, 0.1) is 0 Å². The zero-order valence-electron chi connectivity index (χ0n) is 5.88. The molecule has 0 spiro atoms. The van der Waals surface area contributed by atoms with Crippen LogP contribution in [0.2, 0.25) is 0 Å². The molecule has 0 saturated heterocycles. The van der Waals surface area contributed by atoms with Gasteiger partial charge in [0, 0.05) is 0 Å². The highest BCUT2D eigenvalue weighted by molar-refractivity contribution is 6.04. The number of aliphatic hydroxyl groups is 1. The van der Waals surface area contributed by atoms with Crippen LogP contribution in [0.3, 0.4) is 0 Å². The summed E-state index contributed by atoms with van der Waals surface area (Å²) in [6.07, 6.45) is -0.162. The van der Waals surface area contributed by atoms with E-state index in [0.29, 0.717) is 0 Å². The lowest BCUT2D eigenvalue weighted by Gasteiger charge is -2.23. The summed E-state index contributed by atoms with van der Waals surface area (Å²) < 4.78 is 0. The highest BCUT2D eigenvalue weighted by atomic mass is 16.4. The number of carboxylic acids is 1. The maximum atomic E-state index is 10.5. The molecular formula is C6H9O4-. The number of aliphatic carboxylic acids is 1. The third-order valence-electron chi connectivity index (χ3n) is 1.43. The van der Waals surface area contributed by atoms with Crippen LogP contribution < -0.4 is 5.11 Å². The van der Waals surface area contributed by atoms with Gasteiger partial charge in [-0.15, -0.1) is 0 Å². The van der Waals surface area contributed by atoms with Crippen LogP contribution in [0.15, 0.2) is 0 Å². The van der Waals surface area contributed by atoms with E-state index in [2.05, 4.69) is 0 Å². The van der Waals surface area contributed by atoms with Gasteiger partial charge in [0.05, 0.1) is 5.97 Å². The second-order valence-corrected chi connectivity index (χ2v) is 2.06. The van der Waals surface area contributed by atoms with Gasteiger partial charge in [-0.25, -0.2) is 0 Å². The quantitative estimate of drug-likeness (QED) is 0.488. The van der Waals surface area contributed by atoms with Crippen LogP contribution in [0.25, 0.3) is 0 Å². The SMILES string of the molecule is CCC(O)(C(C)=O)C(=O)[O-]. The second-order valence-electron chi connectivity index (χ2n) is 2.06. The van der Waals surface area contributed by atoms with Crippen molar-refractivity contribution in [2.45, 2.75) is 25.9 Å². The topological polar surface area (TPSA) is 77.4 Å². The Bertz CT molecular complexity index is 147. The number of hydrogen-bond donors (Lipinski definition) is 1. The Hall–Kier alpha value is -0.900. The van der Waals surface area contributed by atoms with Crippen molar-refractivity contribution >= 4 is 11.8 Å². The lowest BCUT2D eigenvalue weighted by molar-refractivity contribution is -0.321. The van der Waals surface area contributed by atoms with Gasteiger partial charge in [0.25, 0.3) is 0 Å². The first kappa shape index (κ1) is 9.10. The van der Waals surface area contributed by atoms with Crippen LogP contribution in [0.5, 0.6) is 0 Å². The molecule has 0 radical (unpaired) electrons. The normalized spacial score (nSPS) is 15.9. The summed E-state index contributed by atoms with van der Waals surface area (Å²) in [7, 11) is 0. The standard InChI is InChI=1S/C6H10O4/c1-3-6(10,4(2)7)5(8)9/h10H,3H2,1-2H3,(H,8,9)/p-1. The van der Waals surface area contributed by atoms with Crippen LogP contribution in [-0.2, 0) is 9.59 Å². The van der Waals surface area contributed by atoms with Crippen molar-refractivity contribution in [2.24, 2.45) is 0 Å². The Morgan fingerprint density at radius 2 is 2.00 bits per heavy atom. The van der Waals surface area contributed by atoms with Crippen LogP contribution in [0.1, 0.15) is 20.3 Å². The summed E-state index contributed by atoms with van der Waals surface area (Å²) in [6, 6.07) is 0.